The van der Waals surface area contributed by atoms with Crippen LogP contribution in [-0.4, -0.2) is 38.1 Å². The van der Waals surface area contributed by atoms with Gasteiger partial charge < -0.3 is 15.5 Å². The summed E-state index contributed by atoms with van der Waals surface area (Å²) in [6.45, 7) is 3.01. The zero-order chi connectivity index (χ0) is 14.2. The first-order valence-electron chi connectivity index (χ1n) is 7.42. The SMILES string of the molecule is CN=C(NC)NCc1ccnc(N2CCCCCC2)c1. The quantitative estimate of drug-likeness (QED) is 0.652. The van der Waals surface area contributed by atoms with Crippen molar-refractivity contribution in [3.05, 3.63) is 23.9 Å². The number of nitrogens with zero attached hydrogens (tertiary/aromatic N) is 3. The number of hydrogen-bond donors (Lipinski definition) is 2. The van der Waals surface area contributed by atoms with Gasteiger partial charge in [-0.3, -0.25) is 4.99 Å². The van der Waals surface area contributed by atoms with E-state index in [9.17, 15) is 0 Å². The highest BCUT2D eigenvalue weighted by Crippen LogP contribution is 2.18. The lowest BCUT2D eigenvalue weighted by Gasteiger charge is -2.22. The van der Waals surface area contributed by atoms with Gasteiger partial charge in [-0.1, -0.05) is 12.8 Å². The molecule has 0 spiro atoms. The van der Waals surface area contributed by atoms with Crippen molar-refractivity contribution in [1.82, 2.24) is 15.6 Å². The van der Waals surface area contributed by atoms with Crippen molar-refractivity contribution in [2.75, 3.05) is 32.1 Å². The Bertz CT molecular complexity index is 436. The van der Waals surface area contributed by atoms with E-state index in [0.29, 0.717) is 0 Å². The number of aliphatic imine (C=N–C) groups is 1. The molecule has 1 aliphatic rings. The molecule has 110 valence electrons. The van der Waals surface area contributed by atoms with Crippen molar-refractivity contribution >= 4 is 11.8 Å². The van der Waals surface area contributed by atoms with E-state index in [1.807, 2.05) is 13.2 Å². The molecular formula is C15H25N5. The maximum atomic E-state index is 4.52. The minimum absolute atomic E-state index is 0.761. The molecular weight excluding hydrogens is 250 g/mol. The first kappa shape index (κ1) is 14.6. The minimum Gasteiger partial charge on any atom is -0.359 e. The fraction of sp³-hybridized carbons (Fsp3) is 0.600. The van der Waals surface area contributed by atoms with Crippen LogP contribution in [0.1, 0.15) is 31.2 Å². The first-order valence-corrected chi connectivity index (χ1v) is 7.42. The maximum Gasteiger partial charge on any atom is 0.190 e. The van der Waals surface area contributed by atoms with Gasteiger partial charge in [0, 0.05) is 39.9 Å². The van der Waals surface area contributed by atoms with Gasteiger partial charge in [-0.2, -0.15) is 0 Å². The minimum atomic E-state index is 0.761. The van der Waals surface area contributed by atoms with Crippen LogP contribution in [0.5, 0.6) is 0 Å². The van der Waals surface area contributed by atoms with Crippen molar-refractivity contribution < 1.29 is 0 Å². The number of nitrogens with one attached hydrogen (secondary N) is 2. The monoisotopic (exact) mass is 275 g/mol. The summed E-state index contributed by atoms with van der Waals surface area (Å²) < 4.78 is 0. The normalized spacial score (nSPS) is 16.7. The largest absolute Gasteiger partial charge is 0.359 e. The van der Waals surface area contributed by atoms with E-state index in [4.69, 9.17) is 0 Å². The van der Waals surface area contributed by atoms with Crippen LogP contribution < -0.4 is 15.5 Å². The lowest BCUT2D eigenvalue weighted by molar-refractivity contribution is 0.726. The number of pyridine rings is 1. The zero-order valence-corrected chi connectivity index (χ0v) is 12.5. The van der Waals surface area contributed by atoms with E-state index in [2.05, 4.69) is 37.6 Å². The van der Waals surface area contributed by atoms with Crippen LogP contribution in [0.15, 0.2) is 23.3 Å². The van der Waals surface area contributed by atoms with Gasteiger partial charge in [0.15, 0.2) is 5.96 Å². The molecule has 0 atom stereocenters. The first-order chi connectivity index (χ1) is 9.83. The standard InChI is InChI=1S/C15H25N5/c1-16-15(17-2)19-12-13-7-8-18-14(11-13)20-9-5-3-4-6-10-20/h7-8,11H,3-6,9-10,12H2,1-2H3,(H2,16,17,19). The molecule has 1 aromatic heterocycles. The third-order valence-corrected chi connectivity index (χ3v) is 3.66. The number of hydrogen-bond acceptors (Lipinski definition) is 3. The van der Waals surface area contributed by atoms with Crippen LogP contribution in [0, 0.1) is 0 Å². The summed E-state index contributed by atoms with van der Waals surface area (Å²) in [5, 5.41) is 6.29. The Labute approximate surface area is 121 Å². The summed E-state index contributed by atoms with van der Waals surface area (Å²) in [5.41, 5.74) is 1.23. The number of anilines is 1. The van der Waals surface area contributed by atoms with E-state index in [1.54, 1.807) is 7.05 Å². The summed E-state index contributed by atoms with van der Waals surface area (Å²) in [5.74, 6) is 1.91. The van der Waals surface area contributed by atoms with Crippen molar-refractivity contribution in [3.8, 4) is 0 Å². The summed E-state index contributed by atoms with van der Waals surface area (Å²) in [6, 6.07) is 4.23. The van der Waals surface area contributed by atoms with Crippen molar-refractivity contribution in [2.45, 2.75) is 32.2 Å². The molecule has 2 rings (SSSR count). The molecule has 5 heteroatoms. The summed E-state index contributed by atoms with van der Waals surface area (Å²) in [6.07, 6.45) is 7.14. The Kier molecular flexibility index (Phi) is 5.65. The fourth-order valence-electron chi connectivity index (χ4n) is 2.51. The van der Waals surface area contributed by atoms with Gasteiger partial charge in [0.05, 0.1) is 0 Å². The zero-order valence-electron chi connectivity index (χ0n) is 12.5. The van der Waals surface area contributed by atoms with E-state index < -0.39 is 0 Å². The third-order valence-electron chi connectivity index (χ3n) is 3.66. The average molecular weight is 275 g/mol. The Morgan fingerprint density at radius 2 is 2.05 bits per heavy atom. The molecule has 0 radical (unpaired) electrons. The number of rotatable bonds is 3. The van der Waals surface area contributed by atoms with Crippen molar-refractivity contribution in [2.24, 2.45) is 4.99 Å². The molecule has 2 heterocycles. The molecule has 0 amide bonds. The molecule has 20 heavy (non-hydrogen) atoms. The summed E-state index contributed by atoms with van der Waals surface area (Å²) in [4.78, 5) is 11.0. The predicted octanol–water partition coefficient (Wildman–Crippen LogP) is 1.76. The lowest BCUT2D eigenvalue weighted by Crippen LogP contribution is -2.34. The topological polar surface area (TPSA) is 52.6 Å². The molecule has 0 saturated carbocycles. The second kappa shape index (κ2) is 7.72. The van der Waals surface area contributed by atoms with Crippen LogP contribution >= 0.6 is 0 Å². The molecule has 0 bridgehead atoms. The van der Waals surface area contributed by atoms with Crippen molar-refractivity contribution in [1.29, 1.82) is 0 Å². The smallest absolute Gasteiger partial charge is 0.190 e. The van der Waals surface area contributed by atoms with Gasteiger partial charge in [-0.15, -0.1) is 0 Å². The van der Waals surface area contributed by atoms with E-state index in [0.717, 1.165) is 31.4 Å². The van der Waals surface area contributed by atoms with Gasteiger partial charge in [0.25, 0.3) is 0 Å². The van der Waals surface area contributed by atoms with Gasteiger partial charge in [-0.25, -0.2) is 4.98 Å². The van der Waals surface area contributed by atoms with Crippen molar-refractivity contribution in [3.63, 3.8) is 0 Å². The van der Waals surface area contributed by atoms with Crippen LogP contribution in [0.25, 0.3) is 0 Å². The second-order valence-electron chi connectivity index (χ2n) is 5.10. The van der Waals surface area contributed by atoms with Crippen LogP contribution in [0.4, 0.5) is 5.82 Å². The fourth-order valence-corrected chi connectivity index (χ4v) is 2.51. The molecule has 1 saturated heterocycles. The summed E-state index contributed by atoms with van der Waals surface area (Å²) in [7, 11) is 3.64. The Balaban J connectivity index is 1.99. The van der Waals surface area contributed by atoms with E-state index in [-0.39, 0.29) is 0 Å². The third kappa shape index (κ3) is 4.11. The molecule has 0 aliphatic carbocycles. The highest BCUT2D eigenvalue weighted by Gasteiger charge is 2.11. The molecule has 1 fully saturated rings. The van der Waals surface area contributed by atoms with Crippen LogP contribution in [-0.2, 0) is 6.54 Å². The van der Waals surface area contributed by atoms with Crippen LogP contribution in [0.3, 0.4) is 0 Å². The Morgan fingerprint density at radius 1 is 1.30 bits per heavy atom. The summed E-state index contributed by atoms with van der Waals surface area (Å²) >= 11 is 0. The highest BCUT2D eigenvalue weighted by atomic mass is 15.2. The average Bonchev–Trinajstić information content (AvgIpc) is 2.78. The number of guanidine groups is 1. The Hall–Kier alpha value is -1.78. The molecule has 0 aromatic carbocycles. The lowest BCUT2D eigenvalue weighted by atomic mass is 10.2. The molecule has 5 nitrogen and oxygen atoms in total. The molecule has 1 aromatic rings. The van der Waals surface area contributed by atoms with Gasteiger partial charge >= 0.3 is 0 Å². The van der Waals surface area contributed by atoms with Gasteiger partial charge in [-0.05, 0) is 30.5 Å². The predicted molar refractivity (Wildman–Crippen MR) is 84.2 cm³/mol. The molecule has 2 N–H and O–H groups in total. The van der Waals surface area contributed by atoms with E-state index in [1.165, 1.54) is 31.2 Å². The van der Waals surface area contributed by atoms with Gasteiger partial charge in [0.1, 0.15) is 5.82 Å². The van der Waals surface area contributed by atoms with Crippen LogP contribution in [0.2, 0.25) is 0 Å². The highest BCUT2D eigenvalue weighted by molar-refractivity contribution is 5.79. The van der Waals surface area contributed by atoms with Gasteiger partial charge in [0.2, 0.25) is 0 Å². The number of aromatic nitrogens is 1. The Morgan fingerprint density at radius 3 is 2.70 bits per heavy atom. The second-order valence-corrected chi connectivity index (χ2v) is 5.10. The molecule has 0 unspecified atom stereocenters. The van der Waals surface area contributed by atoms with E-state index >= 15 is 0 Å². The molecule has 1 aliphatic heterocycles. The maximum absolute atomic E-state index is 4.52.